The Labute approximate surface area is 319 Å². The van der Waals surface area contributed by atoms with Crippen LogP contribution < -0.4 is 0 Å². The maximum Gasteiger partial charge on any atom is 0.184 e. The average Bonchev–Trinajstić information content (AvgIpc) is 3.89. The van der Waals surface area contributed by atoms with Crippen molar-refractivity contribution >= 4 is 11.0 Å². The molecule has 0 unspecified atom stereocenters. The van der Waals surface area contributed by atoms with Gasteiger partial charge in [-0.3, -0.25) is 4.98 Å². The molecule has 3 aromatic heterocycles. The number of tetrazole rings is 1. The number of hydrogen-bond acceptors (Lipinski definition) is 5. The van der Waals surface area contributed by atoms with Gasteiger partial charge in [-0.05, 0) is 62.7 Å². The lowest BCUT2D eigenvalue weighted by Gasteiger charge is -2.36. The van der Waals surface area contributed by atoms with Crippen molar-refractivity contribution < 1.29 is 0 Å². The zero-order valence-corrected chi connectivity index (χ0v) is 30.1. The van der Waals surface area contributed by atoms with Crippen LogP contribution in [0.15, 0.2) is 182 Å². The highest BCUT2D eigenvalue weighted by Gasteiger charge is 2.42. The largest absolute Gasteiger partial charge is 0.322 e. The normalized spacial score (nSPS) is 12.9. The molecule has 0 spiro atoms. The molecule has 0 radical (unpaired) electrons. The first-order chi connectivity index (χ1) is 27.3. The van der Waals surface area contributed by atoms with Crippen molar-refractivity contribution in [2.24, 2.45) is 0 Å². The fraction of sp³-hybridized carbons (Fsp3) is 0.104. The molecule has 1 aliphatic carbocycles. The van der Waals surface area contributed by atoms with Gasteiger partial charge in [0.25, 0.3) is 0 Å². The molecule has 0 atom stereocenters. The van der Waals surface area contributed by atoms with Crippen molar-refractivity contribution in [1.82, 2.24) is 34.7 Å². The van der Waals surface area contributed by atoms with Gasteiger partial charge in [-0.1, -0.05) is 170 Å². The number of aromatic nitrogens is 7. The van der Waals surface area contributed by atoms with Gasteiger partial charge in [-0.2, -0.15) is 0 Å². The number of rotatable bonds is 10. The highest BCUT2D eigenvalue weighted by atomic mass is 15.6. The Balaban J connectivity index is 1.04. The van der Waals surface area contributed by atoms with E-state index in [0.717, 1.165) is 68.0 Å². The number of imidazole rings is 1. The van der Waals surface area contributed by atoms with Gasteiger partial charge in [0.15, 0.2) is 5.82 Å². The zero-order valence-electron chi connectivity index (χ0n) is 30.1. The summed E-state index contributed by atoms with van der Waals surface area (Å²) in [5.74, 6) is 2.33. The Morgan fingerprint density at radius 2 is 1.15 bits per heavy atom. The zero-order chi connectivity index (χ0) is 36.6. The fourth-order valence-corrected chi connectivity index (χ4v) is 8.02. The molecular weight excluding hydrogens is 675 g/mol. The van der Waals surface area contributed by atoms with Crippen molar-refractivity contribution in [3.63, 3.8) is 0 Å². The first kappa shape index (κ1) is 32.6. The van der Waals surface area contributed by atoms with Crippen LogP contribution in [0, 0.1) is 0 Å². The molecule has 0 N–H and O–H groups in total. The number of fused-ring (bicyclic) bond motifs is 1. The maximum atomic E-state index is 5.16. The lowest BCUT2D eigenvalue weighted by Crippen LogP contribution is -2.39. The van der Waals surface area contributed by atoms with Crippen LogP contribution in [-0.4, -0.2) is 34.7 Å². The Hall–Kier alpha value is -6.99. The van der Waals surface area contributed by atoms with Crippen LogP contribution in [0.3, 0.4) is 0 Å². The molecule has 10 rings (SSSR count). The third-order valence-electron chi connectivity index (χ3n) is 10.8. The van der Waals surface area contributed by atoms with Crippen LogP contribution in [-0.2, 0) is 12.1 Å². The van der Waals surface area contributed by atoms with Crippen LogP contribution in [0.25, 0.3) is 44.8 Å². The summed E-state index contributed by atoms with van der Waals surface area (Å²) >= 11 is 0. The lowest BCUT2D eigenvalue weighted by molar-refractivity contribution is 0.451. The van der Waals surface area contributed by atoms with Crippen molar-refractivity contribution in [3.8, 4) is 33.8 Å². The summed E-state index contributed by atoms with van der Waals surface area (Å²) in [6, 6.07) is 61.3. The molecule has 55 heavy (non-hydrogen) atoms. The second kappa shape index (κ2) is 13.8. The molecule has 1 saturated carbocycles. The molecule has 0 amide bonds. The summed E-state index contributed by atoms with van der Waals surface area (Å²) in [7, 11) is 0. The minimum atomic E-state index is -0.844. The Bertz CT molecular complexity index is 2620. The summed E-state index contributed by atoms with van der Waals surface area (Å²) in [4.78, 5) is 10.0. The molecule has 0 aliphatic heterocycles. The molecule has 0 bridgehead atoms. The van der Waals surface area contributed by atoms with Crippen LogP contribution in [0.2, 0.25) is 0 Å². The molecule has 6 aromatic carbocycles. The van der Waals surface area contributed by atoms with Crippen molar-refractivity contribution in [3.05, 3.63) is 210 Å². The Morgan fingerprint density at radius 3 is 1.75 bits per heavy atom. The Morgan fingerprint density at radius 1 is 0.582 bits per heavy atom. The summed E-state index contributed by atoms with van der Waals surface area (Å²) in [6.45, 7) is 0.725. The standard InChI is InChI=1S/C48H37N7/c1-5-15-36(16-6-1)43-31-44-45(32-49-43)54(46(50-44)37-29-30-37)33-34-25-27-35(28-26-34)41-23-13-14-24-42(41)47-51-52-53-55(47)48(38-17-7-2-8-18-38,39-19-9-3-10-20-39)40-21-11-4-12-22-40/h1-28,31-32,37H,29-30,33H2. The molecule has 264 valence electrons. The monoisotopic (exact) mass is 711 g/mol. The van der Waals surface area contributed by atoms with E-state index in [1.165, 1.54) is 18.4 Å². The van der Waals surface area contributed by atoms with E-state index in [9.17, 15) is 0 Å². The third kappa shape index (κ3) is 5.81. The van der Waals surface area contributed by atoms with E-state index in [1.807, 2.05) is 47.3 Å². The first-order valence-corrected chi connectivity index (χ1v) is 18.8. The first-order valence-electron chi connectivity index (χ1n) is 18.8. The lowest BCUT2D eigenvalue weighted by atomic mass is 9.77. The topological polar surface area (TPSA) is 74.3 Å². The summed E-state index contributed by atoms with van der Waals surface area (Å²) in [5.41, 5.74) is 10.8. The third-order valence-corrected chi connectivity index (χ3v) is 10.8. The van der Waals surface area contributed by atoms with E-state index >= 15 is 0 Å². The second-order valence-electron chi connectivity index (χ2n) is 14.2. The molecule has 1 fully saturated rings. The molecule has 3 heterocycles. The van der Waals surface area contributed by atoms with E-state index < -0.39 is 5.54 Å². The predicted octanol–water partition coefficient (Wildman–Crippen LogP) is 10.2. The van der Waals surface area contributed by atoms with Crippen molar-refractivity contribution in [1.29, 1.82) is 0 Å². The molecule has 9 aromatic rings. The number of nitrogens with zero attached hydrogens (tertiary/aromatic N) is 7. The second-order valence-corrected chi connectivity index (χ2v) is 14.2. The van der Waals surface area contributed by atoms with E-state index in [2.05, 4.69) is 149 Å². The predicted molar refractivity (Wildman–Crippen MR) is 217 cm³/mol. The van der Waals surface area contributed by atoms with Gasteiger partial charge in [0.2, 0.25) is 0 Å². The van der Waals surface area contributed by atoms with E-state index in [0.29, 0.717) is 11.7 Å². The van der Waals surface area contributed by atoms with Gasteiger partial charge < -0.3 is 4.57 Å². The molecule has 1 aliphatic rings. The molecule has 0 saturated heterocycles. The van der Waals surface area contributed by atoms with Crippen molar-refractivity contribution in [2.45, 2.75) is 30.8 Å². The van der Waals surface area contributed by atoms with Crippen LogP contribution >= 0.6 is 0 Å². The number of pyridine rings is 1. The van der Waals surface area contributed by atoms with Gasteiger partial charge in [-0.15, -0.1) is 5.10 Å². The summed E-state index contributed by atoms with van der Waals surface area (Å²) in [6.07, 6.45) is 4.35. The highest BCUT2D eigenvalue weighted by molar-refractivity contribution is 5.82. The minimum absolute atomic E-state index is 0.500. The summed E-state index contributed by atoms with van der Waals surface area (Å²) in [5, 5.41) is 13.9. The smallest absolute Gasteiger partial charge is 0.184 e. The molecule has 7 heteroatoms. The van der Waals surface area contributed by atoms with Gasteiger partial charge >= 0.3 is 0 Å². The van der Waals surface area contributed by atoms with E-state index in [1.54, 1.807) is 0 Å². The van der Waals surface area contributed by atoms with Crippen LogP contribution in [0.4, 0.5) is 0 Å². The quantitative estimate of drug-likeness (QED) is 0.132. The van der Waals surface area contributed by atoms with E-state index in [-0.39, 0.29) is 0 Å². The summed E-state index contributed by atoms with van der Waals surface area (Å²) < 4.78 is 4.36. The van der Waals surface area contributed by atoms with Crippen LogP contribution in [0.1, 0.15) is 46.8 Å². The van der Waals surface area contributed by atoms with Gasteiger partial charge in [-0.25, -0.2) is 9.67 Å². The Kier molecular flexibility index (Phi) is 8.17. The minimum Gasteiger partial charge on any atom is -0.322 e. The van der Waals surface area contributed by atoms with Crippen molar-refractivity contribution in [2.75, 3.05) is 0 Å². The highest BCUT2D eigenvalue weighted by Crippen LogP contribution is 2.44. The SMILES string of the molecule is c1ccc(-c2cc3nc(C4CC4)n(Cc4ccc(-c5ccccc5-c5nnnn5C(c5ccccc5)(c5ccccc5)c5ccccc5)cc4)c3cn2)cc1. The van der Waals surface area contributed by atoms with Gasteiger partial charge in [0, 0.05) is 23.6 Å². The molecule has 7 nitrogen and oxygen atoms in total. The fourth-order valence-electron chi connectivity index (χ4n) is 8.02. The average molecular weight is 712 g/mol. The number of hydrogen-bond donors (Lipinski definition) is 0. The van der Waals surface area contributed by atoms with E-state index in [4.69, 9.17) is 20.3 Å². The molecular formula is C48H37N7. The number of benzene rings is 6. The van der Waals surface area contributed by atoms with Crippen LogP contribution in [0.5, 0.6) is 0 Å². The van der Waals surface area contributed by atoms with Gasteiger partial charge in [0.05, 0.1) is 22.9 Å². The maximum absolute atomic E-state index is 5.16. The van der Waals surface area contributed by atoms with Gasteiger partial charge in [0.1, 0.15) is 11.4 Å².